The Labute approximate surface area is 123 Å². The summed E-state index contributed by atoms with van der Waals surface area (Å²) in [7, 11) is 1.59. The average Bonchev–Trinajstić information content (AvgIpc) is 2.53. The third-order valence-electron chi connectivity index (χ3n) is 3.03. The molecule has 2 rings (SSSR count). The van der Waals surface area contributed by atoms with E-state index in [0.717, 1.165) is 11.4 Å². The number of methoxy groups -OCH3 is 1. The van der Waals surface area contributed by atoms with Gasteiger partial charge in [0.25, 0.3) is 0 Å². The predicted molar refractivity (Wildman–Crippen MR) is 79.7 cm³/mol. The molecule has 0 spiro atoms. The van der Waals surface area contributed by atoms with Crippen LogP contribution in [0.2, 0.25) is 0 Å². The van der Waals surface area contributed by atoms with Crippen LogP contribution in [0, 0.1) is 11.3 Å². The standard InChI is InChI=1S/C16H15N3O2/c1-21-14-7-5-13(6-8-14)19-15(16(18)20)12-4-2-3-11(9-12)10-17/h2-9,15,19H,1H3,(H2,18,20). The second-order valence-electron chi connectivity index (χ2n) is 4.45. The van der Waals surface area contributed by atoms with Gasteiger partial charge in [0.1, 0.15) is 11.8 Å². The van der Waals surface area contributed by atoms with Crippen molar-refractivity contribution < 1.29 is 9.53 Å². The van der Waals surface area contributed by atoms with Crippen LogP contribution >= 0.6 is 0 Å². The Morgan fingerprint density at radius 2 is 2.00 bits per heavy atom. The minimum atomic E-state index is -0.702. The van der Waals surface area contributed by atoms with Crippen LogP contribution in [0.15, 0.2) is 48.5 Å². The van der Waals surface area contributed by atoms with E-state index in [4.69, 9.17) is 15.7 Å². The maximum atomic E-state index is 11.7. The van der Waals surface area contributed by atoms with Gasteiger partial charge < -0.3 is 15.8 Å². The van der Waals surface area contributed by atoms with E-state index in [1.165, 1.54) is 0 Å². The van der Waals surface area contributed by atoms with Crippen molar-refractivity contribution in [3.63, 3.8) is 0 Å². The molecule has 0 fully saturated rings. The van der Waals surface area contributed by atoms with Gasteiger partial charge in [-0.1, -0.05) is 12.1 Å². The highest BCUT2D eigenvalue weighted by Gasteiger charge is 2.18. The number of carbonyl (C=O) groups excluding carboxylic acids is 1. The van der Waals surface area contributed by atoms with Crippen molar-refractivity contribution >= 4 is 11.6 Å². The Kier molecular flexibility index (Phi) is 4.42. The third-order valence-corrected chi connectivity index (χ3v) is 3.03. The highest BCUT2D eigenvalue weighted by Crippen LogP contribution is 2.22. The van der Waals surface area contributed by atoms with E-state index >= 15 is 0 Å². The molecule has 5 nitrogen and oxygen atoms in total. The van der Waals surface area contributed by atoms with Gasteiger partial charge in [-0.2, -0.15) is 5.26 Å². The summed E-state index contributed by atoms with van der Waals surface area (Å²) >= 11 is 0. The topological polar surface area (TPSA) is 88.1 Å². The molecule has 0 aliphatic heterocycles. The molecule has 1 unspecified atom stereocenters. The van der Waals surface area contributed by atoms with Crippen molar-refractivity contribution in [2.45, 2.75) is 6.04 Å². The van der Waals surface area contributed by atoms with Crippen LogP contribution in [0.3, 0.4) is 0 Å². The molecule has 21 heavy (non-hydrogen) atoms. The van der Waals surface area contributed by atoms with E-state index < -0.39 is 11.9 Å². The number of rotatable bonds is 5. The summed E-state index contributed by atoms with van der Waals surface area (Å²) in [5.41, 5.74) is 7.33. The van der Waals surface area contributed by atoms with E-state index in [1.54, 1.807) is 55.6 Å². The summed E-state index contributed by atoms with van der Waals surface area (Å²) in [4.78, 5) is 11.7. The number of anilines is 1. The molecule has 5 heteroatoms. The Morgan fingerprint density at radius 1 is 1.29 bits per heavy atom. The number of benzene rings is 2. The van der Waals surface area contributed by atoms with Gasteiger partial charge in [0.05, 0.1) is 18.7 Å². The second-order valence-corrected chi connectivity index (χ2v) is 4.45. The average molecular weight is 281 g/mol. The number of carbonyl (C=O) groups is 1. The Balaban J connectivity index is 2.26. The first kappa shape index (κ1) is 14.4. The fraction of sp³-hybridized carbons (Fsp3) is 0.125. The first-order valence-electron chi connectivity index (χ1n) is 6.34. The van der Waals surface area contributed by atoms with Gasteiger partial charge >= 0.3 is 0 Å². The van der Waals surface area contributed by atoms with Gasteiger partial charge in [-0.3, -0.25) is 4.79 Å². The van der Waals surface area contributed by atoms with Crippen LogP contribution in [-0.4, -0.2) is 13.0 Å². The Bertz CT molecular complexity index is 675. The number of hydrogen-bond donors (Lipinski definition) is 2. The lowest BCUT2D eigenvalue weighted by atomic mass is 10.0. The lowest BCUT2D eigenvalue weighted by molar-refractivity contribution is -0.118. The maximum Gasteiger partial charge on any atom is 0.244 e. The van der Waals surface area contributed by atoms with Crippen molar-refractivity contribution in [2.24, 2.45) is 5.73 Å². The van der Waals surface area contributed by atoms with Crippen molar-refractivity contribution in [1.29, 1.82) is 5.26 Å². The number of amides is 1. The molecule has 0 aliphatic rings. The summed E-state index contributed by atoms with van der Waals surface area (Å²) in [5.74, 6) is 0.212. The molecule has 2 aromatic carbocycles. The molecule has 106 valence electrons. The third kappa shape index (κ3) is 3.51. The van der Waals surface area contributed by atoms with E-state index in [0.29, 0.717) is 11.1 Å². The maximum absolute atomic E-state index is 11.7. The predicted octanol–water partition coefficient (Wildman–Crippen LogP) is 2.21. The highest BCUT2D eigenvalue weighted by atomic mass is 16.5. The lowest BCUT2D eigenvalue weighted by Crippen LogP contribution is -2.27. The molecule has 0 heterocycles. The highest BCUT2D eigenvalue weighted by molar-refractivity contribution is 5.84. The molecule has 0 saturated heterocycles. The number of hydrogen-bond acceptors (Lipinski definition) is 4. The molecule has 0 bridgehead atoms. The molecule has 0 aromatic heterocycles. The molecular weight excluding hydrogens is 266 g/mol. The van der Waals surface area contributed by atoms with E-state index in [2.05, 4.69) is 5.32 Å². The minimum Gasteiger partial charge on any atom is -0.497 e. The first-order valence-corrected chi connectivity index (χ1v) is 6.34. The first-order chi connectivity index (χ1) is 10.1. The van der Waals surface area contributed by atoms with Gasteiger partial charge in [0, 0.05) is 5.69 Å². The molecular formula is C16H15N3O2. The van der Waals surface area contributed by atoms with Gasteiger partial charge in [0.15, 0.2) is 0 Å². The zero-order valence-corrected chi connectivity index (χ0v) is 11.5. The molecule has 0 aliphatic carbocycles. The molecule has 0 radical (unpaired) electrons. The van der Waals surface area contributed by atoms with Crippen molar-refractivity contribution in [3.05, 3.63) is 59.7 Å². The van der Waals surface area contributed by atoms with Gasteiger partial charge in [-0.15, -0.1) is 0 Å². The van der Waals surface area contributed by atoms with Crippen LogP contribution in [0.4, 0.5) is 5.69 Å². The van der Waals surface area contributed by atoms with E-state index in [9.17, 15) is 4.79 Å². The zero-order chi connectivity index (χ0) is 15.2. The van der Waals surface area contributed by atoms with Crippen LogP contribution in [0.5, 0.6) is 5.75 Å². The number of primary amides is 1. The van der Waals surface area contributed by atoms with Crippen molar-refractivity contribution in [2.75, 3.05) is 12.4 Å². The smallest absolute Gasteiger partial charge is 0.244 e. The lowest BCUT2D eigenvalue weighted by Gasteiger charge is -2.17. The van der Waals surface area contributed by atoms with E-state index in [1.807, 2.05) is 6.07 Å². The number of ether oxygens (including phenoxy) is 1. The quantitative estimate of drug-likeness (QED) is 0.879. The fourth-order valence-electron chi connectivity index (χ4n) is 1.96. The summed E-state index contributed by atoms with van der Waals surface area (Å²) in [5, 5.41) is 12.0. The molecule has 0 saturated carbocycles. The van der Waals surface area contributed by atoms with Gasteiger partial charge in [0.2, 0.25) is 5.91 Å². The zero-order valence-electron chi connectivity index (χ0n) is 11.5. The van der Waals surface area contributed by atoms with Crippen LogP contribution in [0.25, 0.3) is 0 Å². The van der Waals surface area contributed by atoms with Crippen LogP contribution in [-0.2, 0) is 4.79 Å². The number of nitrogens with zero attached hydrogens (tertiary/aromatic N) is 1. The van der Waals surface area contributed by atoms with Crippen molar-refractivity contribution in [1.82, 2.24) is 0 Å². The summed E-state index contributed by atoms with van der Waals surface area (Å²) in [6, 6.07) is 15.3. The Morgan fingerprint density at radius 3 is 2.57 bits per heavy atom. The number of nitriles is 1. The molecule has 1 amide bonds. The number of nitrogens with one attached hydrogen (secondary N) is 1. The fourth-order valence-corrected chi connectivity index (χ4v) is 1.96. The second kappa shape index (κ2) is 6.44. The largest absolute Gasteiger partial charge is 0.497 e. The summed E-state index contributed by atoms with van der Waals surface area (Å²) in [6.07, 6.45) is 0. The van der Waals surface area contributed by atoms with Crippen LogP contribution in [0.1, 0.15) is 17.2 Å². The SMILES string of the molecule is COc1ccc(NC(C(N)=O)c2cccc(C#N)c2)cc1. The molecule has 1 atom stereocenters. The van der Waals surface area contributed by atoms with E-state index in [-0.39, 0.29) is 0 Å². The normalized spacial score (nSPS) is 11.2. The summed E-state index contributed by atoms with van der Waals surface area (Å²) < 4.78 is 5.08. The van der Waals surface area contributed by atoms with Crippen LogP contribution < -0.4 is 15.8 Å². The summed E-state index contributed by atoms with van der Waals surface area (Å²) in [6.45, 7) is 0. The minimum absolute atomic E-state index is 0.482. The number of nitrogens with two attached hydrogens (primary N) is 1. The van der Waals surface area contributed by atoms with Gasteiger partial charge in [-0.05, 0) is 42.0 Å². The van der Waals surface area contributed by atoms with Gasteiger partial charge in [-0.25, -0.2) is 0 Å². The molecule has 3 N–H and O–H groups in total. The van der Waals surface area contributed by atoms with Crippen molar-refractivity contribution in [3.8, 4) is 11.8 Å². The monoisotopic (exact) mass is 281 g/mol. The molecule has 2 aromatic rings. The Hall–Kier alpha value is -3.00.